The van der Waals surface area contributed by atoms with Gasteiger partial charge in [-0.3, -0.25) is 5.32 Å². The standard InChI is InChI=1S/C24H23N5O5S2/c1-16-7-12-21(35-16)36(33,34)28-23(30)27-20(15-17-5-3-2-4-6-17)22-25-13-14-29(22)19-10-8-18(9-11-19)26-24(31)32/h2-14,20,26H,15H2,1H3,(H,31,32)(H2,27,28,30). The van der Waals surface area contributed by atoms with E-state index >= 15 is 0 Å². The number of urea groups is 1. The van der Waals surface area contributed by atoms with Gasteiger partial charge in [-0.05, 0) is 55.3 Å². The number of anilines is 1. The lowest BCUT2D eigenvalue weighted by molar-refractivity contribution is 0.209. The van der Waals surface area contributed by atoms with Crippen LogP contribution in [-0.4, -0.2) is 35.2 Å². The zero-order valence-electron chi connectivity index (χ0n) is 19.1. The number of hydrogen-bond acceptors (Lipinski definition) is 6. The molecule has 0 aliphatic carbocycles. The molecule has 0 saturated carbocycles. The molecule has 186 valence electrons. The van der Waals surface area contributed by atoms with Crippen LogP contribution in [0, 0.1) is 6.92 Å². The minimum atomic E-state index is -4.03. The number of sulfonamides is 1. The van der Waals surface area contributed by atoms with Gasteiger partial charge < -0.3 is 15.0 Å². The first kappa shape index (κ1) is 24.9. The fourth-order valence-corrected chi connectivity index (χ4v) is 5.79. The summed E-state index contributed by atoms with van der Waals surface area (Å²) in [6.45, 7) is 1.78. The molecule has 0 aliphatic heterocycles. The molecule has 1 unspecified atom stereocenters. The van der Waals surface area contributed by atoms with Crippen molar-refractivity contribution in [1.29, 1.82) is 0 Å². The predicted octanol–water partition coefficient (Wildman–Crippen LogP) is 4.30. The molecule has 0 aliphatic rings. The van der Waals surface area contributed by atoms with Crippen molar-refractivity contribution < 1.29 is 23.1 Å². The smallest absolute Gasteiger partial charge is 0.409 e. The maximum atomic E-state index is 12.8. The van der Waals surface area contributed by atoms with Crippen LogP contribution in [0.3, 0.4) is 0 Å². The Balaban J connectivity index is 1.61. The molecule has 4 rings (SSSR count). The molecule has 0 fully saturated rings. The number of rotatable bonds is 8. The minimum absolute atomic E-state index is 0.0475. The summed E-state index contributed by atoms with van der Waals surface area (Å²) in [7, 11) is -4.03. The molecule has 2 aromatic carbocycles. The number of aromatic nitrogens is 2. The Labute approximate surface area is 211 Å². The number of carbonyl (C=O) groups is 2. The van der Waals surface area contributed by atoms with Gasteiger partial charge in [0.1, 0.15) is 10.0 Å². The highest BCUT2D eigenvalue weighted by Gasteiger charge is 2.25. The van der Waals surface area contributed by atoms with Crippen LogP contribution < -0.4 is 15.4 Å². The van der Waals surface area contributed by atoms with E-state index in [-0.39, 0.29) is 4.21 Å². The largest absolute Gasteiger partial charge is 0.465 e. The van der Waals surface area contributed by atoms with E-state index in [0.717, 1.165) is 21.8 Å². The number of imidazole rings is 1. The zero-order chi connectivity index (χ0) is 25.7. The third-order valence-electron chi connectivity index (χ3n) is 5.17. The van der Waals surface area contributed by atoms with Gasteiger partial charge in [0, 0.05) is 28.6 Å². The highest BCUT2D eigenvalue weighted by Crippen LogP contribution is 2.23. The fourth-order valence-electron chi connectivity index (χ4n) is 3.59. The Morgan fingerprint density at radius 1 is 1.06 bits per heavy atom. The summed E-state index contributed by atoms with van der Waals surface area (Å²) in [6, 6.07) is 17.6. The lowest BCUT2D eigenvalue weighted by Crippen LogP contribution is -2.42. The van der Waals surface area contributed by atoms with Gasteiger partial charge in [0.15, 0.2) is 0 Å². The van der Waals surface area contributed by atoms with Crippen LogP contribution >= 0.6 is 11.3 Å². The molecule has 2 heterocycles. The van der Waals surface area contributed by atoms with Crippen LogP contribution in [0.5, 0.6) is 0 Å². The van der Waals surface area contributed by atoms with Crippen molar-refractivity contribution in [2.24, 2.45) is 0 Å². The summed E-state index contributed by atoms with van der Waals surface area (Å²) < 4.78 is 29.2. The molecule has 4 N–H and O–H groups in total. The van der Waals surface area contributed by atoms with Gasteiger partial charge in [-0.15, -0.1) is 11.3 Å². The number of amides is 3. The Hall–Kier alpha value is -4.16. The van der Waals surface area contributed by atoms with Crippen LogP contribution in [0.4, 0.5) is 15.3 Å². The van der Waals surface area contributed by atoms with E-state index in [9.17, 15) is 18.0 Å². The number of carboxylic acid groups (broad SMARTS) is 1. The van der Waals surface area contributed by atoms with Crippen molar-refractivity contribution in [1.82, 2.24) is 19.6 Å². The minimum Gasteiger partial charge on any atom is -0.465 e. The second-order valence-corrected chi connectivity index (χ2v) is 11.0. The van der Waals surface area contributed by atoms with E-state index in [0.29, 0.717) is 23.6 Å². The molecule has 12 heteroatoms. The summed E-state index contributed by atoms with van der Waals surface area (Å²) in [5.74, 6) is 0.470. The van der Waals surface area contributed by atoms with Crippen LogP contribution in [0.15, 0.2) is 83.3 Å². The molecule has 36 heavy (non-hydrogen) atoms. The lowest BCUT2D eigenvalue weighted by atomic mass is 10.1. The van der Waals surface area contributed by atoms with E-state index in [1.54, 1.807) is 54.2 Å². The van der Waals surface area contributed by atoms with E-state index in [1.807, 2.05) is 30.3 Å². The van der Waals surface area contributed by atoms with Gasteiger partial charge in [-0.25, -0.2) is 27.7 Å². The van der Waals surface area contributed by atoms with Gasteiger partial charge in [0.25, 0.3) is 10.0 Å². The second-order valence-electron chi connectivity index (χ2n) is 7.82. The maximum absolute atomic E-state index is 12.8. The molecule has 10 nitrogen and oxygen atoms in total. The van der Waals surface area contributed by atoms with Gasteiger partial charge in [0.2, 0.25) is 0 Å². The number of aryl methyl sites for hydroxylation is 1. The SMILES string of the molecule is Cc1ccc(S(=O)(=O)NC(=O)NC(Cc2ccccc2)c2nccn2-c2ccc(NC(=O)O)cc2)s1. The van der Waals surface area contributed by atoms with Crippen LogP contribution in [0.25, 0.3) is 5.69 Å². The highest BCUT2D eigenvalue weighted by molar-refractivity contribution is 7.92. The normalized spacial score (nSPS) is 12.0. The predicted molar refractivity (Wildman–Crippen MR) is 136 cm³/mol. The van der Waals surface area contributed by atoms with E-state index in [1.165, 1.54) is 6.07 Å². The molecule has 0 saturated heterocycles. The van der Waals surface area contributed by atoms with Crippen LogP contribution in [0.1, 0.15) is 22.3 Å². The second kappa shape index (κ2) is 10.6. The average molecular weight is 526 g/mol. The topological polar surface area (TPSA) is 142 Å². The average Bonchev–Trinajstić information content (AvgIpc) is 3.49. The quantitative estimate of drug-likeness (QED) is 0.270. The molecule has 0 radical (unpaired) electrons. The number of carbonyl (C=O) groups excluding carboxylic acids is 1. The van der Waals surface area contributed by atoms with Crippen molar-refractivity contribution >= 4 is 39.2 Å². The highest BCUT2D eigenvalue weighted by atomic mass is 32.2. The van der Waals surface area contributed by atoms with E-state index in [4.69, 9.17) is 5.11 Å². The lowest BCUT2D eigenvalue weighted by Gasteiger charge is -2.20. The van der Waals surface area contributed by atoms with Gasteiger partial charge in [-0.1, -0.05) is 30.3 Å². The Kier molecular flexibility index (Phi) is 7.36. The summed E-state index contributed by atoms with van der Waals surface area (Å²) in [4.78, 5) is 29.0. The number of nitrogens with zero attached hydrogens (tertiary/aromatic N) is 2. The molecule has 4 aromatic rings. The first-order valence-electron chi connectivity index (χ1n) is 10.8. The number of thiophene rings is 1. The summed E-state index contributed by atoms with van der Waals surface area (Å²) in [6.07, 6.45) is 2.46. The van der Waals surface area contributed by atoms with Crippen LogP contribution in [-0.2, 0) is 16.4 Å². The molecule has 0 spiro atoms. The Morgan fingerprint density at radius 2 is 1.78 bits per heavy atom. The van der Waals surface area contributed by atoms with Gasteiger partial charge in [-0.2, -0.15) is 0 Å². The van der Waals surface area contributed by atoms with Crippen molar-refractivity contribution in [3.05, 3.63) is 95.4 Å². The van der Waals surface area contributed by atoms with Crippen molar-refractivity contribution in [3.63, 3.8) is 0 Å². The monoisotopic (exact) mass is 525 g/mol. The Bertz CT molecular complexity index is 1460. The number of benzene rings is 2. The molecule has 0 bridgehead atoms. The molecular weight excluding hydrogens is 502 g/mol. The molecule has 3 amide bonds. The van der Waals surface area contributed by atoms with Gasteiger partial charge in [0.05, 0.1) is 6.04 Å². The van der Waals surface area contributed by atoms with Gasteiger partial charge >= 0.3 is 12.1 Å². The number of hydrogen-bond donors (Lipinski definition) is 4. The Morgan fingerprint density at radius 3 is 2.42 bits per heavy atom. The molecular formula is C24H23N5O5S2. The van der Waals surface area contributed by atoms with E-state index in [2.05, 4.69) is 20.3 Å². The number of nitrogens with one attached hydrogen (secondary N) is 3. The zero-order valence-corrected chi connectivity index (χ0v) is 20.7. The van der Waals surface area contributed by atoms with Crippen molar-refractivity contribution in [2.75, 3.05) is 5.32 Å². The fraction of sp³-hybridized carbons (Fsp3) is 0.125. The summed E-state index contributed by atoms with van der Waals surface area (Å²) >= 11 is 1.07. The molecule has 2 aromatic heterocycles. The van der Waals surface area contributed by atoms with Crippen LogP contribution in [0.2, 0.25) is 0 Å². The summed E-state index contributed by atoms with van der Waals surface area (Å²) in [5, 5.41) is 13.9. The maximum Gasteiger partial charge on any atom is 0.409 e. The summed E-state index contributed by atoms with van der Waals surface area (Å²) in [5.41, 5.74) is 2.00. The third kappa shape index (κ3) is 6.09. The third-order valence-corrected chi connectivity index (χ3v) is 8.00. The van der Waals surface area contributed by atoms with Crippen molar-refractivity contribution in [2.45, 2.75) is 23.6 Å². The first-order valence-corrected chi connectivity index (χ1v) is 13.1. The molecule has 1 atom stereocenters. The first-order chi connectivity index (χ1) is 17.2. The van der Waals surface area contributed by atoms with Crippen molar-refractivity contribution in [3.8, 4) is 5.69 Å². The van der Waals surface area contributed by atoms with E-state index < -0.39 is 28.2 Å².